The Bertz CT molecular complexity index is 1170. The Morgan fingerprint density at radius 3 is 2.34 bits per heavy atom. The van der Waals surface area contributed by atoms with Crippen molar-refractivity contribution < 1.29 is 19.1 Å². The normalized spacial score (nSPS) is 11.5. The van der Waals surface area contributed by atoms with E-state index in [1.54, 1.807) is 0 Å². The van der Waals surface area contributed by atoms with E-state index in [0.29, 0.717) is 13.1 Å². The van der Waals surface area contributed by atoms with Crippen LogP contribution in [-0.4, -0.2) is 34.2 Å². The fraction of sp³-hybridized carbons (Fsp3) is 0.333. The number of aryl methyl sites for hydroxylation is 2. The number of hydrogen-bond donors (Lipinski definition) is 2. The Balaban J connectivity index is 1.51. The highest BCUT2D eigenvalue weighted by Gasteiger charge is 2.19. The maximum Gasteiger partial charge on any atom is 0.308 e. The summed E-state index contributed by atoms with van der Waals surface area (Å²) < 4.78 is 7.09. The van der Waals surface area contributed by atoms with Crippen LogP contribution in [0, 0.1) is 20.8 Å². The van der Waals surface area contributed by atoms with Gasteiger partial charge in [0.1, 0.15) is 0 Å². The fourth-order valence-corrected chi connectivity index (χ4v) is 3.81. The van der Waals surface area contributed by atoms with E-state index in [9.17, 15) is 14.4 Å². The average Bonchev–Trinajstić information content (AvgIpc) is 3.08. The summed E-state index contributed by atoms with van der Waals surface area (Å²) in [6, 6.07) is 17.1. The zero-order valence-electron chi connectivity index (χ0n) is 20.6. The third-order valence-electron chi connectivity index (χ3n) is 5.76. The number of carbonyl (C=O) groups excluding carboxylic acids is 3. The number of amides is 2. The lowest BCUT2D eigenvalue weighted by Crippen LogP contribution is -2.31. The highest BCUT2D eigenvalue weighted by Crippen LogP contribution is 2.18. The summed E-state index contributed by atoms with van der Waals surface area (Å²) in [6.07, 6.45) is -0.0691. The van der Waals surface area contributed by atoms with E-state index in [-0.39, 0.29) is 12.3 Å². The van der Waals surface area contributed by atoms with Crippen molar-refractivity contribution in [3.8, 4) is 0 Å². The van der Waals surface area contributed by atoms with E-state index in [0.717, 1.165) is 33.6 Å². The summed E-state index contributed by atoms with van der Waals surface area (Å²) in [5, 5.41) is 10.2. The van der Waals surface area contributed by atoms with Crippen molar-refractivity contribution in [2.45, 2.75) is 53.2 Å². The number of nitrogens with zero attached hydrogens (tertiary/aromatic N) is 2. The molecule has 1 atom stereocenters. The fourth-order valence-electron chi connectivity index (χ4n) is 3.81. The first kappa shape index (κ1) is 25.7. The van der Waals surface area contributed by atoms with Crippen molar-refractivity contribution >= 4 is 17.8 Å². The largest absolute Gasteiger partial charge is 0.456 e. The molecule has 0 spiro atoms. The Morgan fingerprint density at radius 1 is 1.00 bits per heavy atom. The van der Waals surface area contributed by atoms with Gasteiger partial charge in [-0.25, -0.2) is 0 Å². The molecule has 1 unspecified atom stereocenters. The minimum Gasteiger partial charge on any atom is -0.456 e. The molecule has 0 fully saturated rings. The number of aromatic nitrogens is 2. The average molecular weight is 477 g/mol. The van der Waals surface area contributed by atoms with Gasteiger partial charge in [0.15, 0.2) is 6.61 Å². The lowest BCUT2D eigenvalue weighted by Gasteiger charge is -2.18. The molecular weight excluding hydrogens is 444 g/mol. The van der Waals surface area contributed by atoms with Crippen LogP contribution < -0.4 is 10.6 Å². The molecule has 2 N–H and O–H groups in total. The first-order chi connectivity index (χ1) is 16.7. The highest BCUT2D eigenvalue weighted by molar-refractivity contribution is 5.81. The molecule has 2 amide bonds. The van der Waals surface area contributed by atoms with Crippen molar-refractivity contribution in [1.29, 1.82) is 0 Å². The lowest BCUT2D eigenvalue weighted by atomic mass is 10.0. The van der Waals surface area contributed by atoms with E-state index in [1.807, 2.05) is 80.1 Å². The number of benzene rings is 2. The molecule has 0 aliphatic heterocycles. The summed E-state index contributed by atoms with van der Waals surface area (Å²) in [7, 11) is 0. The Kier molecular flexibility index (Phi) is 8.78. The molecule has 1 aromatic heterocycles. The molecule has 3 aromatic rings. The third kappa shape index (κ3) is 7.53. The lowest BCUT2D eigenvalue weighted by molar-refractivity contribution is -0.149. The SMILES string of the molecule is CC(=O)NC(CC(=O)OCC(=O)NCc1c(C)nn(Cc2ccccc2)c1C)c1ccc(C)cc1. The second-order valence-corrected chi connectivity index (χ2v) is 8.60. The monoisotopic (exact) mass is 476 g/mol. The topological polar surface area (TPSA) is 102 Å². The maximum absolute atomic E-state index is 12.4. The van der Waals surface area contributed by atoms with Crippen molar-refractivity contribution in [3.63, 3.8) is 0 Å². The van der Waals surface area contributed by atoms with E-state index in [1.165, 1.54) is 6.92 Å². The number of nitrogens with one attached hydrogen (secondary N) is 2. The van der Waals surface area contributed by atoms with Gasteiger partial charge in [-0.15, -0.1) is 0 Å². The molecule has 0 aliphatic rings. The molecule has 0 saturated carbocycles. The number of esters is 1. The number of carbonyl (C=O) groups is 3. The smallest absolute Gasteiger partial charge is 0.308 e. The number of ether oxygens (including phenoxy) is 1. The van der Waals surface area contributed by atoms with E-state index in [4.69, 9.17) is 4.74 Å². The Hall–Kier alpha value is -3.94. The molecule has 8 nitrogen and oxygen atoms in total. The maximum atomic E-state index is 12.4. The van der Waals surface area contributed by atoms with Crippen LogP contribution in [0.1, 0.15) is 53.0 Å². The number of rotatable bonds is 10. The molecule has 1 heterocycles. The quantitative estimate of drug-likeness (QED) is 0.437. The van der Waals surface area contributed by atoms with Crippen molar-refractivity contribution in [1.82, 2.24) is 20.4 Å². The van der Waals surface area contributed by atoms with Gasteiger partial charge in [0.05, 0.1) is 24.7 Å². The van der Waals surface area contributed by atoms with Crippen LogP contribution in [0.3, 0.4) is 0 Å². The third-order valence-corrected chi connectivity index (χ3v) is 5.76. The molecule has 0 aliphatic carbocycles. The molecule has 184 valence electrons. The van der Waals surface area contributed by atoms with Crippen LogP contribution in [0.4, 0.5) is 0 Å². The van der Waals surface area contributed by atoms with Gasteiger partial charge in [0, 0.05) is 24.7 Å². The predicted molar refractivity (Wildman–Crippen MR) is 132 cm³/mol. The van der Waals surface area contributed by atoms with Crippen LogP contribution in [0.5, 0.6) is 0 Å². The molecule has 0 bridgehead atoms. The number of hydrogen-bond acceptors (Lipinski definition) is 5. The first-order valence-corrected chi connectivity index (χ1v) is 11.6. The van der Waals surface area contributed by atoms with Gasteiger partial charge in [-0.2, -0.15) is 5.10 Å². The Morgan fingerprint density at radius 2 is 1.69 bits per heavy atom. The molecule has 8 heteroatoms. The molecular formula is C27H32N4O4. The van der Waals surface area contributed by atoms with Crippen molar-refractivity contribution in [3.05, 3.63) is 88.2 Å². The molecule has 0 radical (unpaired) electrons. The Labute approximate surface area is 205 Å². The van der Waals surface area contributed by atoms with Gasteiger partial charge < -0.3 is 15.4 Å². The molecule has 2 aromatic carbocycles. The zero-order valence-corrected chi connectivity index (χ0v) is 20.6. The second kappa shape index (κ2) is 12.0. The molecule has 0 saturated heterocycles. The van der Waals surface area contributed by atoms with E-state index < -0.39 is 24.5 Å². The van der Waals surface area contributed by atoms with Gasteiger partial charge >= 0.3 is 5.97 Å². The highest BCUT2D eigenvalue weighted by atomic mass is 16.5. The summed E-state index contributed by atoms with van der Waals surface area (Å²) in [4.78, 5) is 36.3. The predicted octanol–water partition coefficient (Wildman–Crippen LogP) is 3.28. The van der Waals surface area contributed by atoms with Crippen LogP contribution in [0.2, 0.25) is 0 Å². The van der Waals surface area contributed by atoms with Crippen LogP contribution in [0.25, 0.3) is 0 Å². The summed E-state index contributed by atoms with van der Waals surface area (Å²) >= 11 is 0. The van der Waals surface area contributed by atoms with Crippen molar-refractivity contribution in [2.75, 3.05) is 6.61 Å². The van der Waals surface area contributed by atoms with Crippen LogP contribution in [-0.2, 0) is 32.2 Å². The minimum atomic E-state index is -0.567. The molecule has 3 rings (SSSR count). The van der Waals surface area contributed by atoms with Crippen LogP contribution >= 0.6 is 0 Å². The van der Waals surface area contributed by atoms with E-state index in [2.05, 4.69) is 15.7 Å². The standard InChI is InChI=1S/C27H32N4O4/c1-18-10-12-23(13-11-18)25(29-21(4)32)14-27(34)35-17-26(33)28-15-24-19(2)30-31(20(24)3)16-22-8-6-5-7-9-22/h5-13,25H,14-17H2,1-4H3,(H,28,33)(H,29,32). The minimum absolute atomic E-state index is 0.0691. The van der Waals surface area contributed by atoms with E-state index >= 15 is 0 Å². The first-order valence-electron chi connectivity index (χ1n) is 11.6. The van der Waals surface area contributed by atoms with Gasteiger partial charge in [-0.3, -0.25) is 19.1 Å². The van der Waals surface area contributed by atoms with Gasteiger partial charge in [0.2, 0.25) is 5.91 Å². The summed E-state index contributed by atoms with van der Waals surface area (Å²) in [5.41, 5.74) is 5.76. The van der Waals surface area contributed by atoms with Gasteiger partial charge in [-0.1, -0.05) is 60.2 Å². The summed E-state index contributed by atoms with van der Waals surface area (Å²) in [6.45, 7) is 7.78. The summed E-state index contributed by atoms with van der Waals surface area (Å²) in [5.74, 6) is -1.22. The van der Waals surface area contributed by atoms with Gasteiger partial charge in [0.25, 0.3) is 5.91 Å². The molecule has 35 heavy (non-hydrogen) atoms. The van der Waals surface area contributed by atoms with Gasteiger partial charge in [-0.05, 0) is 31.9 Å². The zero-order chi connectivity index (χ0) is 25.4. The van der Waals surface area contributed by atoms with Crippen LogP contribution in [0.15, 0.2) is 54.6 Å². The second-order valence-electron chi connectivity index (χ2n) is 8.60. The van der Waals surface area contributed by atoms with Crippen molar-refractivity contribution in [2.24, 2.45) is 0 Å².